The summed E-state index contributed by atoms with van der Waals surface area (Å²) in [7, 11) is 0. The van der Waals surface area contributed by atoms with Crippen molar-refractivity contribution < 1.29 is 23.5 Å². The second-order valence-electron chi connectivity index (χ2n) is 6.42. The Morgan fingerprint density at radius 3 is 2.66 bits per heavy atom. The van der Waals surface area contributed by atoms with E-state index < -0.39 is 23.6 Å². The van der Waals surface area contributed by atoms with Gasteiger partial charge in [0.25, 0.3) is 5.91 Å². The number of aryl methyl sites for hydroxylation is 1. The van der Waals surface area contributed by atoms with Crippen molar-refractivity contribution in [3.63, 3.8) is 0 Å². The molecule has 0 radical (unpaired) electrons. The Balaban J connectivity index is 1.76. The molecule has 1 amide bonds. The molecule has 1 atom stereocenters. The van der Waals surface area contributed by atoms with Crippen LogP contribution in [-0.2, 0) is 9.53 Å². The molecule has 3 aromatic rings. The summed E-state index contributed by atoms with van der Waals surface area (Å²) in [6, 6.07) is 13.0. The average Bonchev–Trinajstić information content (AvgIpc) is 2.68. The van der Waals surface area contributed by atoms with Gasteiger partial charge in [-0.05, 0) is 50.6 Å². The predicted molar refractivity (Wildman–Crippen MR) is 108 cm³/mol. The van der Waals surface area contributed by atoms with Gasteiger partial charge < -0.3 is 19.2 Å². The monoisotopic (exact) mass is 395 g/mol. The molecule has 1 heterocycles. The van der Waals surface area contributed by atoms with E-state index in [0.29, 0.717) is 17.0 Å². The molecule has 0 aliphatic rings. The lowest BCUT2D eigenvalue weighted by atomic mass is 10.1. The van der Waals surface area contributed by atoms with Crippen LogP contribution in [0, 0.1) is 6.92 Å². The van der Waals surface area contributed by atoms with Crippen LogP contribution in [0.2, 0.25) is 0 Å². The topological polar surface area (TPSA) is 94.8 Å². The minimum atomic E-state index is -0.862. The zero-order valence-electron chi connectivity index (χ0n) is 16.4. The van der Waals surface area contributed by atoms with Gasteiger partial charge in [-0.1, -0.05) is 12.1 Å². The maximum atomic E-state index is 12.6. The number of nitrogens with one attached hydrogen (secondary N) is 1. The number of anilines is 1. The largest absolute Gasteiger partial charge is 0.481 e. The molecule has 0 aliphatic carbocycles. The fraction of sp³-hybridized carbons (Fsp3) is 0.227. The number of carbonyl (C=O) groups excluding carboxylic acids is 2. The summed E-state index contributed by atoms with van der Waals surface area (Å²) in [5.74, 6) is -0.572. The molecule has 0 bridgehead atoms. The van der Waals surface area contributed by atoms with Crippen molar-refractivity contribution in [3.05, 3.63) is 70.1 Å². The molecule has 0 unspecified atom stereocenters. The molecule has 0 saturated heterocycles. The molecule has 150 valence electrons. The number of hydrogen-bond acceptors (Lipinski definition) is 6. The molecule has 3 rings (SSSR count). The molecule has 29 heavy (non-hydrogen) atoms. The predicted octanol–water partition coefficient (Wildman–Crippen LogP) is 3.68. The Morgan fingerprint density at radius 1 is 1.14 bits per heavy atom. The molecule has 1 N–H and O–H groups in total. The average molecular weight is 395 g/mol. The lowest BCUT2D eigenvalue weighted by Gasteiger charge is -2.16. The molecule has 1 aromatic heterocycles. The Bertz CT molecular complexity index is 1120. The van der Waals surface area contributed by atoms with Crippen LogP contribution in [0.3, 0.4) is 0 Å². The summed E-state index contributed by atoms with van der Waals surface area (Å²) in [5, 5.41) is 3.48. The number of ether oxygens (including phenoxy) is 2. The zero-order chi connectivity index (χ0) is 21.0. The molecule has 0 spiro atoms. The minimum Gasteiger partial charge on any atom is -0.481 e. The van der Waals surface area contributed by atoms with Crippen LogP contribution in [0.1, 0.15) is 29.8 Å². The van der Waals surface area contributed by atoms with E-state index in [4.69, 9.17) is 13.9 Å². The number of rotatable bonds is 6. The first kappa shape index (κ1) is 20.1. The highest BCUT2D eigenvalue weighted by Crippen LogP contribution is 2.23. The van der Waals surface area contributed by atoms with E-state index in [-0.39, 0.29) is 12.2 Å². The highest BCUT2D eigenvalue weighted by Gasteiger charge is 2.19. The number of carbonyl (C=O) groups is 2. The zero-order valence-corrected chi connectivity index (χ0v) is 16.4. The van der Waals surface area contributed by atoms with Gasteiger partial charge in [0.2, 0.25) is 0 Å². The third kappa shape index (κ3) is 4.63. The quantitative estimate of drug-likeness (QED) is 0.505. The van der Waals surface area contributed by atoms with Crippen LogP contribution in [0.5, 0.6) is 5.75 Å². The molecule has 2 aromatic carbocycles. The van der Waals surface area contributed by atoms with Gasteiger partial charge in [0.1, 0.15) is 11.3 Å². The number of hydrogen-bond donors (Lipinski definition) is 1. The van der Waals surface area contributed by atoms with Gasteiger partial charge in [0, 0.05) is 17.5 Å². The van der Waals surface area contributed by atoms with E-state index in [1.54, 1.807) is 56.3 Å². The molecular formula is C22H21NO6. The summed E-state index contributed by atoms with van der Waals surface area (Å²) in [6.07, 6.45) is -0.862. The van der Waals surface area contributed by atoms with Gasteiger partial charge in [0.15, 0.2) is 6.10 Å². The summed E-state index contributed by atoms with van der Waals surface area (Å²) < 4.78 is 15.9. The van der Waals surface area contributed by atoms with Crippen LogP contribution in [0.25, 0.3) is 11.0 Å². The van der Waals surface area contributed by atoms with Crippen LogP contribution < -0.4 is 15.7 Å². The number of amides is 1. The van der Waals surface area contributed by atoms with Crippen molar-refractivity contribution in [3.8, 4) is 5.75 Å². The van der Waals surface area contributed by atoms with E-state index in [9.17, 15) is 14.4 Å². The van der Waals surface area contributed by atoms with Crippen LogP contribution in [0.15, 0.2) is 57.7 Å². The maximum absolute atomic E-state index is 12.6. The number of esters is 1. The van der Waals surface area contributed by atoms with Crippen molar-refractivity contribution in [2.24, 2.45) is 0 Å². The fourth-order valence-corrected chi connectivity index (χ4v) is 2.85. The van der Waals surface area contributed by atoms with E-state index in [1.807, 2.05) is 6.92 Å². The third-order valence-electron chi connectivity index (χ3n) is 4.29. The van der Waals surface area contributed by atoms with Gasteiger partial charge in [0.05, 0.1) is 17.9 Å². The fourth-order valence-electron chi connectivity index (χ4n) is 2.85. The SMILES string of the molecule is CCOC(=O)c1ccccc1NC(=O)[C@@H](C)Oc1ccc2c(C)cc(=O)oc2c1. The smallest absolute Gasteiger partial charge is 0.340 e. The van der Waals surface area contributed by atoms with Crippen LogP contribution in [0.4, 0.5) is 5.69 Å². The van der Waals surface area contributed by atoms with Crippen molar-refractivity contribution in [1.82, 2.24) is 0 Å². The molecule has 7 nitrogen and oxygen atoms in total. The third-order valence-corrected chi connectivity index (χ3v) is 4.29. The van der Waals surface area contributed by atoms with E-state index in [0.717, 1.165) is 10.9 Å². The minimum absolute atomic E-state index is 0.234. The first-order valence-electron chi connectivity index (χ1n) is 9.17. The second kappa shape index (κ2) is 8.60. The summed E-state index contributed by atoms with van der Waals surface area (Å²) >= 11 is 0. The number of benzene rings is 2. The Morgan fingerprint density at radius 2 is 1.90 bits per heavy atom. The lowest BCUT2D eigenvalue weighted by molar-refractivity contribution is -0.122. The van der Waals surface area contributed by atoms with E-state index in [2.05, 4.69) is 5.32 Å². The van der Waals surface area contributed by atoms with Gasteiger partial charge in [-0.3, -0.25) is 4.79 Å². The standard InChI is InChI=1S/C22H21NO6/c1-4-27-22(26)17-7-5-6-8-18(17)23-21(25)14(3)28-15-9-10-16-13(2)11-20(24)29-19(16)12-15/h5-12,14H,4H2,1-3H3,(H,23,25)/t14-/m1/s1. The second-order valence-corrected chi connectivity index (χ2v) is 6.42. The van der Waals surface area contributed by atoms with E-state index in [1.165, 1.54) is 6.07 Å². The highest BCUT2D eigenvalue weighted by atomic mass is 16.5. The Kier molecular flexibility index (Phi) is 5.97. The summed E-state index contributed by atoms with van der Waals surface area (Å²) in [6.45, 7) is 5.34. The van der Waals surface area contributed by atoms with Gasteiger partial charge in [-0.2, -0.15) is 0 Å². The molecule has 0 aliphatic heterocycles. The van der Waals surface area contributed by atoms with Gasteiger partial charge in [-0.25, -0.2) is 9.59 Å². The first-order valence-corrected chi connectivity index (χ1v) is 9.17. The van der Waals surface area contributed by atoms with E-state index >= 15 is 0 Å². The normalized spacial score (nSPS) is 11.7. The molecule has 7 heteroatoms. The lowest BCUT2D eigenvalue weighted by Crippen LogP contribution is -2.30. The highest BCUT2D eigenvalue weighted by molar-refractivity contribution is 6.02. The Hall–Kier alpha value is -3.61. The van der Waals surface area contributed by atoms with Crippen molar-refractivity contribution in [2.75, 3.05) is 11.9 Å². The number of para-hydroxylation sites is 1. The van der Waals surface area contributed by atoms with Crippen molar-refractivity contribution in [1.29, 1.82) is 0 Å². The maximum Gasteiger partial charge on any atom is 0.340 e. The van der Waals surface area contributed by atoms with Crippen LogP contribution >= 0.6 is 0 Å². The van der Waals surface area contributed by atoms with Gasteiger partial charge >= 0.3 is 11.6 Å². The number of fused-ring (bicyclic) bond motifs is 1. The van der Waals surface area contributed by atoms with Crippen molar-refractivity contribution >= 4 is 28.5 Å². The molecule has 0 fully saturated rings. The molecule has 0 saturated carbocycles. The Labute approximate surface area is 167 Å². The summed E-state index contributed by atoms with van der Waals surface area (Å²) in [5.41, 5.74) is 1.33. The van der Waals surface area contributed by atoms with Crippen molar-refractivity contribution in [2.45, 2.75) is 26.9 Å². The molecular weight excluding hydrogens is 374 g/mol. The van der Waals surface area contributed by atoms with Crippen LogP contribution in [-0.4, -0.2) is 24.6 Å². The summed E-state index contributed by atoms with van der Waals surface area (Å²) in [4.78, 5) is 36.2. The first-order chi connectivity index (χ1) is 13.9. The van der Waals surface area contributed by atoms with Gasteiger partial charge in [-0.15, -0.1) is 0 Å².